The van der Waals surface area contributed by atoms with Gasteiger partial charge < -0.3 is 0 Å². The summed E-state index contributed by atoms with van der Waals surface area (Å²) >= 11 is 1.63. The molecule has 0 radical (unpaired) electrons. The van der Waals surface area contributed by atoms with Crippen LogP contribution in [-0.4, -0.2) is 12.5 Å². The second-order valence-corrected chi connectivity index (χ2v) is 5.44. The molecule has 0 aliphatic carbocycles. The van der Waals surface area contributed by atoms with Gasteiger partial charge in [-0.05, 0) is 24.6 Å². The van der Waals surface area contributed by atoms with Gasteiger partial charge in [-0.25, -0.2) is 13.2 Å². The Bertz CT molecular complexity index is 616. The maximum Gasteiger partial charge on any atom is 0.286 e. The molecule has 114 valence electrons. The quantitative estimate of drug-likeness (QED) is 0.357. The van der Waals surface area contributed by atoms with Gasteiger partial charge in [0.25, 0.3) is 6.08 Å². The van der Waals surface area contributed by atoms with Gasteiger partial charge in [-0.2, -0.15) is 8.78 Å². The first-order valence-corrected chi connectivity index (χ1v) is 7.96. The van der Waals surface area contributed by atoms with Gasteiger partial charge in [-0.1, -0.05) is 12.6 Å². The van der Waals surface area contributed by atoms with Gasteiger partial charge in [0.05, 0.1) is 0 Å². The Morgan fingerprint density at radius 2 is 1.67 bits per heavy atom. The van der Waals surface area contributed by atoms with Crippen molar-refractivity contribution in [2.45, 2.75) is 4.90 Å². The van der Waals surface area contributed by atoms with Gasteiger partial charge in [0.2, 0.25) is 0 Å². The number of thioether (sulfide) groups is 2. The molecule has 0 fully saturated rings. The highest BCUT2D eigenvalue weighted by Gasteiger charge is 2.21. The van der Waals surface area contributed by atoms with Crippen molar-refractivity contribution < 1.29 is 22.0 Å². The first kappa shape index (κ1) is 17.8. The van der Waals surface area contributed by atoms with Crippen LogP contribution in [0.5, 0.6) is 0 Å². The third-order valence-corrected chi connectivity index (χ3v) is 4.00. The third kappa shape index (κ3) is 4.14. The minimum absolute atomic E-state index is 0.278. The number of allylic oxidation sites excluding steroid dienone is 3. The van der Waals surface area contributed by atoms with E-state index in [1.807, 2.05) is 0 Å². The molecule has 7 heteroatoms. The fourth-order valence-electron chi connectivity index (χ4n) is 1.47. The maximum atomic E-state index is 13.9. The van der Waals surface area contributed by atoms with Crippen LogP contribution >= 0.6 is 23.5 Å². The van der Waals surface area contributed by atoms with Crippen molar-refractivity contribution in [1.82, 2.24) is 0 Å². The van der Waals surface area contributed by atoms with Crippen molar-refractivity contribution in [2.24, 2.45) is 0 Å². The van der Waals surface area contributed by atoms with Crippen molar-refractivity contribution in [1.29, 1.82) is 0 Å². The molecule has 0 aliphatic rings. The fraction of sp³-hybridized carbons (Fsp3) is 0.143. The Morgan fingerprint density at radius 3 is 2.10 bits per heavy atom. The molecular weight excluding hydrogens is 327 g/mol. The summed E-state index contributed by atoms with van der Waals surface area (Å²) < 4.78 is 66.3. The normalized spacial score (nSPS) is 12.0. The second kappa shape index (κ2) is 7.70. The SMILES string of the molecule is C=C(/C(F)=C(/F)C(SC)=C(F)F)c1ccc(SC)cc1F. The van der Waals surface area contributed by atoms with E-state index in [1.165, 1.54) is 30.2 Å². The lowest BCUT2D eigenvalue weighted by molar-refractivity contribution is 0.413. The van der Waals surface area contributed by atoms with Crippen LogP contribution < -0.4 is 0 Å². The number of benzene rings is 1. The average Bonchev–Trinajstić information content (AvgIpc) is 2.45. The Morgan fingerprint density at radius 1 is 1.05 bits per heavy atom. The molecule has 1 rings (SSSR count). The summed E-state index contributed by atoms with van der Waals surface area (Å²) in [5, 5.41) is 0. The molecule has 0 saturated heterocycles. The van der Waals surface area contributed by atoms with Crippen molar-refractivity contribution in [2.75, 3.05) is 12.5 Å². The fourth-order valence-corrected chi connectivity index (χ4v) is 2.32. The molecular formula is C14H11F5S2. The topological polar surface area (TPSA) is 0 Å². The van der Waals surface area contributed by atoms with Crippen LogP contribution in [0.2, 0.25) is 0 Å². The Kier molecular flexibility index (Phi) is 6.54. The Hall–Kier alpha value is -1.21. The lowest BCUT2D eigenvalue weighted by Crippen LogP contribution is -1.93. The summed E-state index contributed by atoms with van der Waals surface area (Å²) in [5.41, 5.74) is -0.898. The predicted molar refractivity (Wildman–Crippen MR) is 79.2 cm³/mol. The van der Waals surface area contributed by atoms with E-state index in [0.717, 1.165) is 6.07 Å². The number of hydrogen-bond acceptors (Lipinski definition) is 2. The molecule has 1 aromatic rings. The number of hydrogen-bond donors (Lipinski definition) is 0. The van der Waals surface area contributed by atoms with Crippen LogP contribution in [0.15, 0.2) is 52.3 Å². The van der Waals surface area contributed by atoms with E-state index in [2.05, 4.69) is 6.58 Å². The smallest absolute Gasteiger partial charge is 0.206 e. The zero-order valence-corrected chi connectivity index (χ0v) is 12.8. The minimum atomic E-state index is -2.35. The molecule has 21 heavy (non-hydrogen) atoms. The van der Waals surface area contributed by atoms with Crippen LogP contribution in [-0.2, 0) is 0 Å². The van der Waals surface area contributed by atoms with Crippen molar-refractivity contribution in [3.63, 3.8) is 0 Å². The van der Waals surface area contributed by atoms with Crippen molar-refractivity contribution in [3.8, 4) is 0 Å². The summed E-state index contributed by atoms with van der Waals surface area (Å²) in [7, 11) is 0. The van der Waals surface area contributed by atoms with Gasteiger partial charge in [0.15, 0.2) is 11.7 Å². The molecule has 1 aromatic carbocycles. The van der Waals surface area contributed by atoms with E-state index < -0.39 is 34.0 Å². The minimum Gasteiger partial charge on any atom is -0.206 e. The number of rotatable bonds is 5. The predicted octanol–water partition coefficient (Wildman–Crippen LogP) is 6.18. The zero-order chi connectivity index (χ0) is 16.2. The molecule has 0 unspecified atom stereocenters. The van der Waals surface area contributed by atoms with Crippen molar-refractivity contribution >= 4 is 29.1 Å². The molecule has 0 heterocycles. The van der Waals surface area contributed by atoms with E-state index in [4.69, 9.17) is 0 Å². The molecule has 0 aliphatic heterocycles. The van der Waals surface area contributed by atoms with E-state index >= 15 is 0 Å². The van der Waals surface area contributed by atoms with Gasteiger partial charge >= 0.3 is 0 Å². The summed E-state index contributed by atoms with van der Waals surface area (Å²) in [5.74, 6) is -4.16. The molecule has 0 bridgehead atoms. The molecule has 0 N–H and O–H groups in total. The number of halogens is 5. The van der Waals surface area contributed by atoms with Crippen LogP contribution in [0.25, 0.3) is 5.57 Å². The van der Waals surface area contributed by atoms with Crippen molar-refractivity contribution in [3.05, 3.63) is 58.8 Å². The third-order valence-electron chi connectivity index (χ3n) is 2.53. The van der Waals surface area contributed by atoms with Crippen LogP contribution in [0, 0.1) is 5.82 Å². The van der Waals surface area contributed by atoms with Crippen LogP contribution in [0.4, 0.5) is 22.0 Å². The van der Waals surface area contributed by atoms with E-state index in [0.29, 0.717) is 16.7 Å². The van der Waals surface area contributed by atoms with Crippen LogP contribution in [0.1, 0.15) is 5.56 Å². The molecule has 0 amide bonds. The monoisotopic (exact) mass is 338 g/mol. The molecule has 0 atom stereocenters. The summed E-state index contributed by atoms with van der Waals surface area (Å²) in [6.07, 6.45) is 0.558. The molecule has 0 spiro atoms. The second-order valence-electron chi connectivity index (χ2n) is 3.75. The lowest BCUT2D eigenvalue weighted by atomic mass is 10.1. The molecule has 0 nitrogen and oxygen atoms in total. The van der Waals surface area contributed by atoms with Gasteiger partial charge in [0.1, 0.15) is 10.7 Å². The Balaban J connectivity index is 3.28. The highest BCUT2D eigenvalue weighted by molar-refractivity contribution is 8.02. The van der Waals surface area contributed by atoms with E-state index in [1.54, 1.807) is 6.26 Å². The summed E-state index contributed by atoms with van der Waals surface area (Å²) in [6, 6.07) is 3.86. The highest BCUT2D eigenvalue weighted by atomic mass is 32.2. The first-order chi connectivity index (χ1) is 9.83. The van der Waals surface area contributed by atoms with Gasteiger partial charge in [-0.15, -0.1) is 23.5 Å². The largest absolute Gasteiger partial charge is 0.286 e. The molecule has 0 aromatic heterocycles. The summed E-state index contributed by atoms with van der Waals surface area (Å²) in [6.45, 7) is 3.24. The van der Waals surface area contributed by atoms with Gasteiger partial charge in [-0.3, -0.25) is 0 Å². The zero-order valence-electron chi connectivity index (χ0n) is 11.1. The summed E-state index contributed by atoms with van der Waals surface area (Å²) in [4.78, 5) is -0.539. The average molecular weight is 338 g/mol. The standard InChI is InChI=1S/C14H11F5S2/c1-7(9-5-4-8(20-2)6-10(9)15)11(16)12(17)13(21-3)14(18)19/h4-6H,1H2,2-3H3/b12-11-. The lowest BCUT2D eigenvalue weighted by Gasteiger charge is -2.08. The Labute approximate surface area is 127 Å². The first-order valence-electron chi connectivity index (χ1n) is 5.51. The van der Waals surface area contributed by atoms with E-state index in [9.17, 15) is 22.0 Å². The maximum absolute atomic E-state index is 13.9. The van der Waals surface area contributed by atoms with Crippen LogP contribution in [0.3, 0.4) is 0 Å². The van der Waals surface area contributed by atoms with E-state index in [-0.39, 0.29) is 5.56 Å². The highest BCUT2D eigenvalue weighted by Crippen LogP contribution is 2.36. The van der Waals surface area contributed by atoms with Gasteiger partial charge in [0, 0.05) is 16.0 Å². The molecule has 0 saturated carbocycles.